The van der Waals surface area contributed by atoms with E-state index in [0.717, 1.165) is 0 Å². The first-order valence-electron chi connectivity index (χ1n) is 9.02. The number of hydrogen-bond donors (Lipinski definition) is 2. The van der Waals surface area contributed by atoms with Crippen LogP contribution in [0.5, 0.6) is 0 Å². The summed E-state index contributed by atoms with van der Waals surface area (Å²) in [5.74, 6) is -1.15. The number of carboxylic acids is 1. The Labute approximate surface area is 166 Å². The van der Waals surface area contributed by atoms with Crippen LogP contribution in [-0.2, 0) is 4.74 Å². The quantitative estimate of drug-likeness (QED) is 0.750. The SMILES string of the molecule is CSc1nn2c(C3CCN(C(=O)OC(C)(C)C)CC3)cc(=O)[nH]c2c1C(=O)O. The van der Waals surface area contributed by atoms with Crippen LogP contribution in [0.2, 0.25) is 0 Å². The first-order chi connectivity index (χ1) is 13.1. The van der Waals surface area contributed by atoms with Gasteiger partial charge in [0, 0.05) is 25.1 Å². The van der Waals surface area contributed by atoms with E-state index in [4.69, 9.17) is 4.74 Å². The molecule has 1 saturated heterocycles. The van der Waals surface area contributed by atoms with Crippen molar-refractivity contribution in [2.45, 2.75) is 50.2 Å². The second-order valence-corrected chi connectivity index (χ2v) is 8.54. The topological polar surface area (TPSA) is 117 Å². The van der Waals surface area contributed by atoms with Crippen LogP contribution >= 0.6 is 11.8 Å². The van der Waals surface area contributed by atoms with Gasteiger partial charge in [0.1, 0.15) is 16.2 Å². The molecule has 0 unspecified atom stereocenters. The number of rotatable bonds is 3. The highest BCUT2D eigenvalue weighted by Crippen LogP contribution is 2.30. The molecule has 2 aromatic heterocycles. The van der Waals surface area contributed by atoms with Crippen molar-refractivity contribution in [2.24, 2.45) is 0 Å². The zero-order chi connectivity index (χ0) is 20.6. The van der Waals surface area contributed by atoms with Gasteiger partial charge in [-0.05, 0) is 39.9 Å². The van der Waals surface area contributed by atoms with Crippen LogP contribution in [0.1, 0.15) is 55.6 Å². The molecule has 0 bridgehead atoms. The molecule has 0 atom stereocenters. The van der Waals surface area contributed by atoms with Gasteiger partial charge >= 0.3 is 12.1 Å². The lowest BCUT2D eigenvalue weighted by molar-refractivity contribution is 0.0203. The zero-order valence-electron chi connectivity index (χ0n) is 16.3. The van der Waals surface area contributed by atoms with Crippen LogP contribution in [0.3, 0.4) is 0 Å². The van der Waals surface area contributed by atoms with Crippen molar-refractivity contribution in [3.05, 3.63) is 27.7 Å². The van der Waals surface area contributed by atoms with Crippen LogP contribution in [0.15, 0.2) is 15.9 Å². The molecule has 152 valence electrons. The number of carbonyl (C=O) groups is 2. The van der Waals surface area contributed by atoms with Gasteiger partial charge in [-0.3, -0.25) is 4.79 Å². The van der Waals surface area contributed by atoms with Crippen LogP contribution in [-0.4, -0.2) is 61.6 Å². The summed E-state index contributed by atoms with van der Waals surface area (Å²) in [4.78, 5) is 40.3. The lowest BCUT2D eigenvalue weighted by Crippen LogP contribution is -2.41. The second-order valence-electron chi connectivity index (χ2n) is 7.75. The van der Waals surface area contributed by atoms with E-state index in [9.17, 15) is 19.5 Å². The summed E-state index contributed by atoms with van der Waals surface area (Å²) in [5, 5.41) is 14.3. The van der Waals surface area contributed by atoms with Gasteiger partial charge in [0.05, 0.1) is 5.69 Å². The Hall–Kier alpha value is -2.49. The minimum atomic E-state index is -1.13. The van der Waals surface area contributed by atoms with E-state index in [1.165, 1.54) is 22.3 Å². The number of piperidine rings is 1. The molecule has 1 fully saturated rings. The van der Waals surface area contributed by atoms with E-state index >= 15 is 0 Å². The molecular weight excluding hydrogens is 384 g/mol. The van der Waals surface area contributed by atoms with Crippen molar-refractivity contribution in [2.75, 3.05) is 19.3 Å². The number of hydrogen-bond acceptors (Lipinski definition) is 6. The zero-order valence-corrected chi connectivity index (χ0v) is 17.1. The van der Waals surface area contributed by atoms with Gasteiger partial charge in [-0.15, -0.1) is 11.8 Å². The summed E-state index contributed by atoms with van der Waals surface area (Å²) in [7, 11) is 0. The van der Waals surface area contributed by atoms with Gasteiger partial charge in [0.15, 0.2) is 5.65 Å². The van der Waals surface area contributed by atoms with Crippen LogP contribution in [0, 0.1) is 0 Å². The highest BCUT2D eigenvalue weighted by atomic mass is 32.2. The first-order valence-corrected chi connectivity index (χ1v) is 10.2. The Balaban J connectivity index is 1.88. The molecular formula is C18H24N4O5S. The predicted octanol–water partition coefficient (Wildman–Crippen LogP) is 2.56. The third-order valence-electron chi connectivity index (χ3n) is 4.59. The number of carboxylic acid groups (broad SMARTS) is 1. The Bertz CT molecular complexity index is 967. The van der Waals surface area contributed by atoms with Gasteiger partial charge < -0.3 is 19.7 Å². The van der Waals surface area contributed by atoms with E-state index in [0.29, 0.717) is 36.7 Å². The predicted molar refractivity (Wildman–Crippen MR) is 104 cm³/mol. The maximum atomic E-state index is 12.2. The molecule has 1 aliphatic heterocycles. The van der Waals surface area contributed by atoms with E-state index in [2.05, 4.69) is 10.1 Å². The Morgan fingerprint density at radius 2 is 1.96 bits per heavy atom. The number of carbonyl (C=O) groups excluding carboxylic acids is 1. The third-order valence-corrected chi connectivity index (χ3v) is 5.26. The Morgan fingerprint density at radius 1 is 1.32 bits per heavy atom. The van der Waals surface area contributed by atoms with Crippen LogP contribution < -0.4 is 5.56 Å². The van der Waals surface area contributed by atoms with Gasteiger partial charge in [0.2, 0.25) is 0 Å². The molecule has 0 saturated carbocycles. The highest BCUT2D eigenvalue weighted by molar-refractivity contribution is 7.98. The number of ether oxygens (including phenoxy) is 1. The van der Waals surface area contributed by atoms with Crippen molar-refractivity contribution in [1.82, 2.24) is 19.5 Å². The molecule has 10 heteroatoms. The van der Waals surface area contributed by atoms with Crippen molar-refractivity contribution >= 4 is 29.5 Å². The number of fused-ring (bicyclic) bond motifs is 1. The number of nitrogens with zero attached hydrogens (tertiary/aromatic N) is 3. The lowest BCUT2D eigenvalue weighted by Gasteiger charge is -2.33. The fraction of sp³-hybridized carbons (Fsp3) is 0.556. The minimum absolute atomic E-state index is 0.00218. The third kappa shape index (κ3) is 4.01. The van der Waals surface area contributed by atoms with Crippen molar-refractivity contribution in [3.8, 4) is 0 Å². The normalized spacial score (nSPS) is 15.8. The number of aromatic carboxylic acids is 1. The molecule has 0 aliphatic carbocycles. The fourth-order valence-electron chi connectivity index (χ4n) is 3.36. The fourth-order valence-corrected chi connectivity index (χ4v) is 3.91. The number of amides is 1. The second kappa shape index (κ2) is 7.50. The summed E-state index contributed by atoms with van der Waals surface area (Å²) >= 11 is 1.22. The average molecular weight is 408 g/mol. The number of aromatic nitrogens is 3. The smallest absolute Gasteiger partial charge is 0.410 e. The summed E-state index contributed by atoms with van der Waals surface area (Å²) < 4.78 is 6.93. The van der Waals surface area contributed by atoms with Crippen molar-refractivity contribution in [1.29, 1.82) is 0 Å². The molecule has 9 nitrogen and oxygen atoms in total. The van der Waals surface area contributed by atoms with E-state index in [1.54, 1.807) is 11.2 Å². The first kappa shape index (κ1) is 20.2. The maximum Gasteiger partial charge on any atom is 0.410 e. The summed E-state index contributed by atoms with van der Waals surface area (Å²) in [6, 6.07) is 1.46. The standard InChI is InChI=1S/C18H24N4O5S/c1-18(2,3)27-17(26)21-7-5-10(6-8-21)11-9-12(23)19-14-13(16(24)25)15(28-4)20-22(11)14/h9-10H,5-8H2,1-4H3,(H,19,23)(H,24,25). The number of thioether (sulfide) groups is 1. The molecule has 0 aromatic carbocycles. The largest absolute Gasteiger partial charge is 0.477 e. The number of likely N-dealkylation sites (tertiary alicyclic amines) is 1. The maximum absolute atomic E-state index is 12.2. The van der Waals surface area contributed by atoms with Crippen molar-refractivity contribution < 1.29 is 19.4 Å². The van der Waals surface area contributed by atoms with Gasteiger partial charge in [-0.2, -0.15) is 5.10 Å². The molecule has 28 heavy (non-hydrogen) atoms. The highest BCUT2D eigenvalue weighted by Gasteiger charge is 2.30. The molecule has 3 heterocycles. The van der Waals surface area contributed by atoms with E-state index < -0.39 is 11.6 Å². The van der Waals surface area contributed by atoms with Crippen LogP contribution in [0.25, 0.3) is 5.65 Å². The Kier molecular flexibility index (Phi) is 5.42. The molecule has 3 rings (SSSR count). The van der Waals surface area contributed by atoms with Gasteiger partial charge in [-0.25, -0.2) is 14.1 Å². The number of nitrogens with one attached hydrogen (secondary N) is 1. The monoisotopic (exact) mass is 408 g/mol. The van der Waals surface area contributed by atoms with E-state index in [-0.39, 0.29) is 28.8 Å². The van der Waals surface area contributed by atoms with Gasteiger partial charge in [0.25, 0.3) is 5.56 Å². The molecule has 0 radical (unpaired) electrons. The number of H-pyrrole nitrogens is 1. The lowest BCUT2D eigenvalue weighted by atomic mass is 9.93. The molecule has 0 spiro atoms. The van der Waals surface area contributed by atoms with Gasteiger partial charge in [-0.1, -0.05) is 0 Å². The Morgan fingerprint density at radius 3 is 2.50 bits per heavy atom. The summed E-state index contributed by atoms with van der Waals surface area (Å²) in [6.45, 7) is 6.47. The van der Waals surface area contributed by atoms with E-state index in [1.807, 2.05) is 20.8 Å². The molecule has 2 N–H and O–H groups in total. The minimum Gasteiger partial charge on any atom is -0.477 e. The molecule has 2 aromatic rings. The van der Waals surface area contributed by atoms with Crippen molar-refractivity contribution in [3.63, 3.8) is 0 Å². The average Bonchev–Trinajstić information content (AvgIpc) is 2.98. The number of aromatic amines is 1. The van der Waals surface area contributed by atoms with Crippen LogP contribution in [0.4, 0.5) is 4.79 Å². The summed E-state index contributed by atoms with van der Waals surface area (Å²) in [5.41, 5.74) is -0.0763. The molecule has 1 amide bonds. The molecule has 1 aliphatic rings. The summed E-state index contributed by atoms with van der Waals surface area (Å²) in [6.07, 6.45) is 2.66.